The van der Waals surface area contributed by atoms with E-state index in [2.05, 4.69) is 10.0 Å². The summed E-state index contributed by atoms with van der Waals surface area (Å²) in [5.74, 6) is 2.88. The summed E-state index contributed by atoms with van der Waals surface area (Å²) in [6.07, 6.45) is 5.01. The van der Waals surface area contributed by atoms with Gasteiger partial charge in [-0.05, 0) is 31.6 Å². The molecule has 0 aliphatic carbocycles. The maximum atomic E-state index is 10.5. The topological polar surface area (TPSA) is 80.3 Å². The smallest absolute Gasteiger partial charge is 0.274 e. The molecule has 0 radical (unpaired) electrons. The Morgan fingerprint density at radius 3 is 2.67 bits per heavy atom. The Labute approximate surface area is 108 Å². The molecule has 0 spiro atoms. The van der Waals surface area contributed by atoms with E-state index >= 15 is 0 Å². The van der Waals surface area contributed by atoms with Gasteiger partial charge in [-0.1, -0.05) is 0 Å². The van der Waals surface area contributed by atoms with Crippen molar-refractivity contribution in [2.24, 2.45) is 0 Å². The molecule has 0 fully saturated rings. The van der Waals surface area contributed by atoms with Crippen LogP contribution in [0.15, 0.2) is 28.6 Å². The predicted octanol–water partition coefficient (Wildman–Crippen LogP) is 1.95. The number of nitro groups is 1. The molecule has 0 amide bonds. The van der Waals surface area contributed by atoms with Crippen LogP contribution in [0.3, 0.4) is 0 Å². The summed E-state index contributed by atoms with van der Waals surface area (Å²) in [7, 11) is 0.390. The maximum absolute atomic E-state index is 10.5. The van der Waals surface area contributed by atoms with Crippen molar-refractivity contribution in [1.29, 1.82) is 0 Å². The summed E-state index contributed by atoms with van der Waals surface area (Å²) in [5, 5.41) is 13.2. The van der Waals surface area contributed by atoms with Crippen molar-refractivity contribution in [3.63, 3.8) is 0 Å². The predicted molar refractivity (Wildman–Crippen MR) is 73.9 cm³/mol. The van der Waals surface area contributed by atoms with Crippen LogP contribution in [-0.2, 0) is 5.75 Å². The van der Waals surface area contributed by atoms with E-state index < -0.39 is 15.1 Å². The Kier molecular flexibility index (Phi) is 4.66. The number of nitrogens with zero attached hydrogens (tertiary/aromatic N) is 1. The first-order valence-corrected chi connectivity index (χ1v) is 8.01. The monoisotopic (exact) mass is 273 g/mol. The van der Waals surface area contributed by atoms with Crippen LogP contribution in [0.4, 0.5) is 0 Å². The van der Waals surface area contributed by atoms with Gasteiger partial charge in [0.15, 0.2) is 5.82 Å². The second-order valence-corrected chi connectivity index (χ2v) is 7.94. The Morgan fingerprint density at radius 1 is 1.56 bits per heavy atom. The standard InChI is InChI=1S/C11H19N3O3S/c1-9-5-6-10(17-9)8-18(3,4)13-11(12-2)7-14(15)16/h5-7,12-13H,8H2,1-4H3/b11-7+. The molecule has 1 aromatic rings. The zero-order valence-electron chi connectivity index (χ0n) is 11.0. The van der Waals surface area contributed by atoms with Crippen molar-refractivity contribution in [3.8, 4) is 0 Å². The average molecular weight is 273 g/mol. The zero-order valence-corrected chi connectivity index (χ0v) is 11.8. The summed E-state index contributed by atoms with van der Waals surface area (Å²) in [4.78, 5) is 9.98. The lowest BCUT2D eigenvalue weighted by atomic mass is 10.5. The second-order valence-electron chi connectivity index (χ2n) is 4.38. The van der Waals surface area contributed by atoms with Crippen molar-refractivity contribution >= 4 is 10.2 Å². The van der Waals surface area contributed by atoms with E-state index in [1.807, 2.05) is 31.6 Å². The lowest BCUT2D eigenvalue weighted by Crippen LogP contribution is -2.27. The second kappa shape index (κ2) is 5.81. The third-order valence-corrected chi connectivity index (χ3v) is 3.97. The Balaban J connectivity index is 2.71. The largest absolute Gasteiger partial charge is 0.466 e. The molecular weight excluding hydrogens is 254 g/mol. The summed E-state index contributed by atoms with van der Waals surface area (Å²) in [5.41, 5.74) is 0. The van der Waals surface area contributed by atoms with E-state index in [0.717, 1.165) is 23.5 Å². The highest BCUT2D eigenvalue weighted by Gasteiger charge is 2.16. The maximum Gasteiger partial charge on any atom is 0.274 e. The average Bonchev–Trinajstić information content (AvgIpc) is 2.60. The van der Waals surface area contributed by atoms with Crippen LogP contribution in [0.2, 0.25) is 0 Å². The molecule has 0 bridgehead atoms. The van der Waals surface area contributed by atoms with Gasteiger partial charge in [0, 0.05) is 7.05 Å². The van der Waals surface area contributed by atoms with Crippen LogP contribution in [0.25, 0.3) is 0 Å². The minimum atomic E-state index is -1.26. The van der Waals surface area contributed by atoms with Crippen LogP contribution in [0, 0.1) is 17.0 Å². The Morgan fingerprint density at radius 2 is 2.22 bits per heavy atom. The number of rotatable bonds is 6. The first-order valence-electron chi connectivity index (χ1n) is 5.39. The van der Waals surface area contributed by atoms with Gasteiger partial charge in [0.05, 0.1) is 10.7 Å². The molecule has 0 saturated carbocycles. The first kappa shape index (κ1) is 14.4. The van der Waals surface area contributed by atoms with Gasteiger partial charge in [0.1, 0.15) is 11.5 Å². The molecule has 2 N–H and O–H groups in total. The molecule has 0 unspecified atom stereocenters. The van der Waals surface area contributed by atoms with Crippen LogP contribution < -0.4 is 10.0 Å². The molecule has 7 heteroatoms. The highest BCUT2D eigenvalue weighted by molar-refractivity contribution is 8.30. The number of hydrogen-bond donors (Lipinski definition) is 2. The number of hydrogen-bond acceptors (Lipinski definition) is 5. The van der Waals surface area contributed by atoms with Crippen molar-refractivity contribution in [2.45, 2.75) is 12.7 Å². The zero-order chi connectivity index (χ0) is 13.8. The molecule has 0 aliphatic heterocycles. The highest BCUT2D eigenvalue weighted by Crippen LogP contribution is 2.40. The Hall–Kier alpha value is -1.63. The van der Waals surface area contributed by atoms with Gasteiger partial charge >= 0.3 is 0 Å². The summed E-state index contributed by atoms with van der Waals surface area (Å²) < 4.78 is 8.69. The molecule has 0 atom stereocenters. The SMILES string of the molecule is CN/C(=C\[N+](=O)[O-])NS(C)(C)Cc1ccc(C)o1. The van der Waals surface area contributed by atoms with Crippen LogP contribution in [0.1, 0.15) is 11.5 Å². The van der Waals surface area contributed by atoms with Gasteiger partial charge in [-0.3, -0.25) is 10.1 Å². The third-order valence-electron chi connectivity index (χ3n) is 2.19. The van der Waals surface area contributed by atoms with Gasteiger partial charge < -0.3 is 14.5 Å². The number of nitrogens with one attached hydrogen (secondary N) is 2. The molecule has 0 aromatic carbocycles. The van der Waals surface area contributed by atoms with Gasteiger partial charge in [-0.2, -0.15) is 10.2 Å². The molecule has 6 nitrogen and oxygen atoms in total. The van der Waals surface area contributed by atoms with Crippen LogP contribution in [-0.4, -0.2) is 24.5 Å². The molecule has 102 valence electrons. The van der Waals surface area contributed by atoms with E-state index in [4.69, 9.17) is 4.42 Å². The van der Waals surface area contributed by atoms with E-state index in [1.54, 1.807) is 7.05 Å². The van der Waals surface area contributed by atoms with Crippen LogP contribution in [0.5, 0.6) is 0 Å². The lowest BCUT2D eigenvalue weighted by Gasteiger charge is -2.32. The quantitative estimate of drug-likeness (QED) is 0.611. The number of furan rings is 1. The van der Waals surface area contributed by atoms with Crippen molar-refractivity contribution in [1.82, 2.24) is 10.0 Å². The van der Waals surface area contributed by atoms with E-state index in [9.17, 15) is 10.1 Å². The van der Waals surface area contributed by atoms with Gasteiger partial charge in [-0.25, -0.2) is 0 Å². The van der Waals surface area contributed by atoms with Crippen molar-refractivity contribution in [3.05, 3.63) is 45.8 Å². The van der Waals surface area contributed by atoms with Gasteiger partial charge in [-0.15, -0.1) is 0 Å². The first-order chi connectivity index (χ1) is 8.32. The van der Waals surface area contributed by atoms with Crippen LogP contribution >= 0.6 is 10.2 Å². The molecule has 0 saturated heterocycles. The van der Waals surface area contributed by atoms with Crippen molar-refractivity contribution < 1.29 is 9.34 Å². The molecule has 1 aromatic heterocycles. The fourth-order valence-electron chi connectivity index (χ4n) is 1.50. The summed E-state index contributed by atoms with van der Waals surface area (Å²) in [6, 6.07) is 3.85. The minimum Gasteiger partial charge on any atom is -0.466 e. The summed E-state index contributed by atoms with van der Waals surface area (Å²) in [6.45, 7) is 1.89. The van der Waals surface area contributed by atoms with Gasteiger partial charge in [0.25, 0.3) is 6.20 Å². The van der Waals surface area contributed by atoms with E-state index in [1.165, 1.54) is 0 Å². The molecule has 18 heavy (non-hydrogen) atoms. The lowest BCUT2D eigenvalue weighted by molar-refractivity contribution is -0.403. The molecule has 1 heterocycles. The fraction of sp³-hybridized carbons (Fsp3) is 0.455. The molecule has 1 rings (SSSR count). The normalized spacial score (nSPS) is 13.2. The number of aryl methyl sites for hydroxylation is 1. The molecule has 0 aliphatic rings. The highest BCUT2D eigenvalue weighted by atomic mass is 32.3. The third kappa shape index (κ3) is 4.70. The summed E-state index contributed by atoms with van der Waals surface area (Å²) >= 11 is 0. The Bertz CT molecular complexity index is 454. The van der Waals surface area contributed by atoms with Crippen molar-refractivity contribution in [2.75, 3.05) is 19.6 Å². The molecular formula is C11H19N3O3S. The van der Waals surface area contributed by atoms with E-state index in [-0.39, 0.29) is 0 Å². The van der Waals surface area contributed by atoms with Gasteiger partial charge in [0.2, 0.25) is 0 Å². The fourth-order valence-corrected chi connectivity index (χ4v) is 3.19. The minimum absolute atomic E-state index is 0.406. The van der Waals surface area contributed by atoms with E-state index in [0.29, 0.717) is 5.82 Å².